The Labute approximate surface area is 170 Å². The van der Waals surface area contributed by atoms with Gasteiger partial charge in [0.1, 0.15) is 0 Å². The van der Waals surface area contributed by atoms with E-state index >= 15 is 0 Å². The summed E-state index contributed by atoms with van der Waals surface area (Å²) in [4.78, 5) is 21.9. The van der Waals surface area contributed by atoms with Gasteiger partial charge in [0.05, 0.1) is 12.3 Å². The standard InChI is InChI=1S/C26H20N2O/c1-16-10-19(8-9-27-16)26-24-13-21-12-23(17(2)18-6-4-3-5-7-18)25(29)14-20(21)11-22(24)15-28-26/h3-13H,2,14-15H2,1H3. The van der Waals surface area contributed by atoms with Gasteiger partial charge in [-0.05, 0) is 59.0 Å². The second-order valence-electron chi connectivity index (χ2n) is 7.56. The SMILES string of the molecule is C=C(C1=Cc2cc3c(cc2CC1=O)CN=C3c1ccnc(C)c1)c1ccccc1. The van der Waals surface area contributed by atoms with Crippen molar-refractivity contribution in [2.45, 2.75) is 19.9 Å². The molecule has 140 valence electrons. The maximum absolute atomic E-state index is 12.8. The van der Waals surface area contributed by atoms with E-state index in [1.807, 2.05) is 55.6 Å². The molecule has 0 N–H and O–H groups in total. The number of benzene rings is 2. The fourth-order valence-electron chi connectivity index (χ4n) is 4.09. The molecule has 0 amide bonds. The van der Waals surface area contributed by atoms with Gasteiger partial charge in [-0.3, -0.25) is 14.8 Å². The zero-order valence-electron chi connectivity index (χ0n) is 16.3. The predicted molar refractivity (Wildman–Crippen MR) is 117 cm³/mol. The van der Waals surface area contributed by atoms with Crippen LogP contribution in [0, 0.1) is 6.92 Å². The zero-order valence-corrected chi connectivity index (χ0v) is 16.3. The molecule has 2 aliphatic rings. The Hall–Kier alpha value is -3.59. The number of nitrogens with zero attached hydrogens (tertiary/aromatic N) is 2. The molecule has 0 saturated carbocycles. The van der Waals surface area contributed by atoms with Gasteiger partial charge in [0.25, 0.3) is 0 Å². The van der Waals surface area contributed by atoms with Crippen molar-refractivity contribution in [3.8, 4) is 0 Å². The van der Waals surface area contributed by atoms with Gasteiger partial charge in [-0.2, -0.15) is 0 Å². The average Bonchev–Trinajstić information content (AvgIpc) is 3.14. The van der Waals surface area contributed by atoms with Crippen molar-refractivity contribution in [3.63, 3.8) is 0 Å². The number of rotatable bonds is 3. The van der Waals surface area contributed by atoms with E-state index in [0.29, 0.717) is 18.5 Å². The van der Waals surface area contributed by atoms with Crippen molar-refractivity contribution in [2.75, 3.05) is 0 Å². The molecule has 1 aliphatic heterocycles. The first-order valence-electron chi connectivity index (χ1n) is 9.73. The summed E-state index contributed by atoms with van der Waals surface area (Å²) in [6.07, 6.45) is 4.22. The van der Waals surface area contributed by atoms with E-state index in [0.717, 1.165) is 44.8 Å². The van der Waals surface area contributed by atoms with E-state index in [-0.39, 0.29) is 5.78 Å². The van der Waals surface area contributed by atoms with Gasteiger partial charge in [0.15, 0.2) is 5.78 Å². The molecular weight excluding hydrogens is 356 g/mol. The normalized spacial score (nSPS) is 14.7. The number of aryl methyl sites for hydroxylation is 1. The largest absolute Gasteiger partial charge is 0.294 e. The first-order valence-corrected chi connectivity index (χ1v) is 9.73. The highest BCUT2D eigenvalue weighted by atomic mass is 16.1. The van der Waals surface area contributed by atoms with Crippen molar-refractivity contribution < 1.29 is 4.79 Å². The predicted octanol–water partition coefficient (Wildman–Crippen LogP) is 4.96. The molecule has 2 aromatic carbocycles. The number of aromatic nitrogens is 1. The lowest BCUT2D eigenvalue weighted by atomic mass is 9.83. The lowest BCUT2D eigenvalue weighted by Gasteiger charge is -2.19. The first kappa shape index (κ1) is 17.5. The number of pyridine rings is 1. The molecule has 1 aliphatic carbocycles. The van der Waals surface area contributed by atoms with Crippen LogP contribution in [0.15, 0.2) is 77.9 Å². The number of aliphatic imine (C=N–C) groups is 1. The molecular formula is C26H20N2O. The van der Waals surface area contributed by atoms with Crippen LogP contribution in [0.5, 0.6) is 0 Å². The number of fused-ring (bicyclic) bond motifs is 2. The fourth-order valence-corrected chi connectivity index (χ4v) is 4.09. The summed E-state index contributed by atoms with van der Waals surface area (Å²) in [5, 5.41) is 0. The molecule has 0 unspecified atom stereocenters. The number of allylic oxidation sites excluding steroid dienone is 2. The van der Waals surface area contributed by atoms with E-state index in [9.17, 15) is 4.79 Å². The van der Waals surface area contributed by atoms with Crippen LogP contribution in [0.2, 0.25) is 0 Å². The molecule has 3 aromatic rings. The summed E-state index contributed by atoms with van der Waals surface area (Å²) in [5.74, 6) is 0.121. The van der Waals surface area contributed by atoms with Crippen LogP contribution in [0.1, 0.15) is 39.1 Å². The number of carbonyl (C=O) groups excluding carboxylic acids is 1. The Balaban J connectivity index is 1.57. The van der Waals surface area contributed by atoms with Crippen LogP contribution < -0.4 is 0 Å². The highest BCUT2D eigenvalue weighted by Crippen LogP contribution is 2.34. The van der Waals surface area contributed by atoms with Crippen LogP contribution in [0.4, 0.5) is 0 Å². The summed E-state index contributed by atoms with van der Waals surface area (Å²) in [6.45, 7) is 6.84. The van der Waals surface area contributed by atoms with E-state index in [1.54, 1.807) is 0 Å². The van der Waals surface area contributed by atoms with E-state index in [4.69, 9.17) is 4.99 Å². The highest BCUT2D eigenvalue weighted by Gasteiger charge is 2.25. The minimum Gasteiger partial charge on any atom is -0.294 e. The van der Waals surface area contributed by atoms with Crippen molar-refractivity contribution in [2.24, 2.45) is 4.99 Å². The third-order valence-corrected chi connectivity index (χ3v) is 5.60. The van der Waals surface area contributed by atoms with Crippen molar-refractivity contribution in [1.29, 1.82) is 0 Å². The monoisotopic (exact) mass is 376 g/mol. The average molecular weight is 376 g/mol. The number of hydrogen-bond donors (Lipinski definition) is 0. The molecule has 0 radical (unpaired) electrons. The lowest BCUT2D eigenvalue weighted by Crippen LogP contribution is -2.14. The Morgan fingerprint density at radius 1 is 1.03 bits per heavy atom. The number of Topliss-reactive ketones (excluding diaryl/α,β-unsaturated/α-hetero) is 1. The summed E-state index contributed by atoms with van der Waals surface area (Å²) in [5.41, 5.74) is 9.99. The smallest absolute Gasteiger partial charge is 0.167 e. The van der Waals surface area contributed by atoms with Crippen LogP contribution in [0.3, 0.4) is 0 Å². The van der Waals surface area contributed by atoms with Gasteiger partial charge < -0.3 is 0 Å². The molecule has 0 bridgehead atoms. The van der Waals surface area contributed by atoms with Crippen LogP contribution in [0.25, 0.3) is 11.6 Å². The highest BCUT2D eigenvalue weighted by molar-refractivity contribution is 6.18. The molecule has 3 nitrogen and oxygen atoms in total. The summed E-state index contributed by atoms with van der Waals surface area (Å²) < 4.78 is 0. The molecule has 0 fully saturated rings. The van der Waals surface area contributed by atoms with E-state index in [2.05, 4.69) is 29.8 Å². The number of carbonyl (C=O) groups is 1. The van der Waals surface area contributed by atoms with Crippen LogP contribution >= 0.6 is 0 Å². The van der Waals surface area contributed by atoms with Crippen molar-refractivity contribution in [3.05, 3.63) is 112 Å². The quantitative estimate of drug-likeness (QED) is 0.648. The van der Waals surface area contributed by atoms with Crippen LogP contribution in [-0.4, -0.2) is 16.5 Å². The molecule has 0 saturated heterocycles. The third kappa shape index (κ3) is 3.05. The Kier molecular flexibility index (Phi) is 4.09. The van der Waals surface area contributed by atoms with Crippen molar-refractivity contribution in [1.82, 2.24) is 4.98 Å². The topological polar surface area (TPSA) is 42.3 Å². The van der Waals surface area contributed by atoms with Crippen LogP contribution in [-0.2, 0) is 17.8 Å². The third-order valence-electron chi connectivity index (χ3n) is 5.60. The Morgan fingerprint density at radius 2 is 1.86 bits per heavy atom. The maximum Gasteiger partial charge on any atom is 0.167 e. The molecule has 29 heavy (non-hydrogen) atoms. The van der Waals surface area contributed by atoms with E-state index in [1.165, 1.54) is 5.56 Å². The molecule has 2 heterocycles. The van der Waals surface area contributed by atoms with Gasteiger partial charge in [-0.15, -0.1) is 0 Å². The van der Waals surface area contributed by atoms with Crippen molar-refractivity contribution >= 4 is 23.1 Å². The zero-order chi connectivity index (χ0) is 20.0. The van der Waals surface area contributed by atoms with Gasteiger partial charge >= 0.3 is 0 Å². The number of hydrogen-bond acceptors (Lipinski definition) is 3. The van der Waals surface area contributed by atoms with Gasteiger partial charge in [-0.25, -0.2) is 0 Å². The molecule has 1 aromatic heterocycles. The Morgan fingerprint density at radius 3 is 2.66 bits per heavy atom. The molecule has 0 spiro atoms. The molecule has 5 rings (SSSR count). The minimum atomic E-state index is 0.121. The summed E-state index contributed by atoms with van der Waals surface area (Å²) >= 11 is 0. The van der Waals surface area contributed by atoms with E-state index < -0.39 is 0 Å². The second-order valence-corrected chi connectivity index (χ2v) is 7.56. The summed E-state index contributed by atoms with van der Waals surface area (Å²) in [7, 11) is 0. The molecule has 0 atom stereocenters. The van der Waals surface area contributed by atoms with Gasteiger partial charge in [0, 0.05) is 35.0 Å². The summed E-state index contributed by atoms with van der Waals surface area (Å²) in [6, 6.07) is 18.3. The maximum atomic E-state index is 12.8. The Bertz CT molecular complexity index is 1230. The first-order chi connectivity index (χ1) is 14.1. The number of ketones is 1. The molecule has 3 heteroatoms. The lowest BCUT2D eigenvalue weighted by molar-refractivity contribution is -0.114. The minimum absolute atomic E-state index is 0.121. The fraction of sp³-hybridized carbons (Fsp3) is 0.115. The second kappa shape index (κ2) is 6.78. The van der Waals surface area contributed by atoms with Gasteiger partial charge in [0.2, 0.25) is 0 Å². The van der Waals surface area contributed by atoms with Gasteiger partial charge in [-0.1, -0.05) is 43.0 Å².